The van der Waals surface area contributed by atoms with E-state index >= 15 is 0 Å². The Kier molecular flexibility index (Phi) is 3.04. The van der Waals surface area contributed by atoms with Crippen LogP contribution in [0.25, 0.3) is 5.52 Å². The summed E-state index contributed by atoms with van der Waals surface area (Å²) >= 11 is 3.42. The van der Waals surface area contributed by atoms with Crippen molar-refractivity contribution in [1.82, 2.24) is 19.4 Å². The summed E-state index contributed by atoms with van der Waals surface area (Å²) in [6, 6.07) is 3.67. The molecule has 6 nitrogen and oxygen atoms in total. The fourth-order valence-electron chi connectivity index (χ4n) is 2.67. The van der Waals surface area contributed by atoms with Gasteiger partial charge in [0.1, 0.15) is 0 Å². The Morgan fingerprint density at radius 2 is 2.14 bits per heavy atom. The van der Waals surface area contributed by atoms with Gasteiger partial charge < -0.3 is 5.32 Å². The van der Waals surface area contributed by atoms with Crippen molar-refractivity contribution < 1.29 is 4.79 Å². The smallest absolute Gasteiger partial charge is 0.257 e. The third kappa shape index (κ3) is 2.21. The van der Waals surface area contributed by atoms with Gasteiger partial charge in [0.05, 0.1) is 39.3 Å². The van der Waals surface area contributed by atoms with Crippen molar-refractivity contribution in [3.05, 3.63) is 46.5 Å². The van der Waals surface area contributed by atoms with E-state index < -0.39 is 0 Å². The van der Waals surface area contributed by atoms with Gasteiger partial charge in [0.15, 0.2) is 0 Å². The summed E-state index contributed by atoms with van der Waals surface area (Å²) in [5.41, 5.74) is 3.40. The summed E-state index contributed by atoms with van der Waals surface area (Å²) < 4.78 is 4.44. The van der Waals surface area contributed by atoms with Crippen LogP contribution < -0.4 is 5.32 Å². The molecule has 1 aliphatic rings. The largest absolute Gasteiger partial charge is 0.319 e. The lowest BCUT2D eigenvalue weighted by atomic mass is 10.2. The van der Waals surface area contributed by atoms with Crippen molar-refractivity contribution in [2.24, 2.45) is 7.05 Å². The molecule has 1 amide bonds. The number of nitrogens with one attached hydrogen (secondary N) is 1. The molecule has 0 spiro atoms. The molecule has 0 aromatic carbocycles. The van der Waals surface area contributed by atoms with Crippen LogP contribution in [-0.2, 0) is 7.05 Å². The van der Waals surface area contributed by atoms with Crippen LogP contribution in [0.15, 0.2) is 35.2 Å². The number of carbonyl (C=O) groups excluding carboxylic acids is 1. The molecular formula is C15H14BrN5O. The summed E-state index contributed by atoms with van der Waals surface area (Å²) in [5.74, 6) is 0.371. The predicted molar refractivity (Wildman–Crippen MR) is 86.0 cm³/mol. The summed E-state index contributed by atoms with van der Waals surface area (Å²) in [4.78, 5) is 12.5. The van der Waals surface area contributed by atoms with Gasteiger partial charge in [0.2, 0.25) is 0 Å². The van der Waals surface area contributed by atoms with Gasteiger partial charge >= 0.3 is 0 Å². The number of aryl methyl sites for hydroxylation is 1. The van der Waals surface area contributed by atoms with E-state index in [0.717, 1.165) is 34.2 Å². The van der Waals surface area contributed by atoms with Crippen LogP contribution in [0.3, 0.4) is 0 Å². The molecule has 1 saturated carbocycles. The number of aromatic nitrogens is 4. The van der Waals surface area contributed by atoms with Crippen LogP contribution in [0.5, 0.6) is 0 Å². The minimum atomic E-state index is -0.150. The van der Waals surface area contributed by atoms with E-state index in [1.165, 1.54) is 0 Å². The molecule has 3 aromatic heterocycles. The first-order valence-electron chi connectivity index (χ1n) is 7.09. The van der Waals surface area contributed by atoms with Crippen LogP contribution >= 0.6 is 15.9 Å². The van der Waals surface area contributed by atoms with Gasteiger partial charge in [-0.2, -0.15) is 10.2 Å². The van der Waals surface area contributed by atoms with Crippen molar-refractivity contribution in [2.45, 2.75) is 18.8 Å². The molecule has 0 bridgehead atoms. The van der Waals surface area contributed by atoms with Crippen molar-refractivity contribution in [3.63, 3.8) is 0 Å². The molecule has 4 rings (SSSR count). The summed E-state index contributed by atoms with van der Waals surface area (Å²) in [5, 5.41) is 11.4. The number of hydrogen-bond acceptors (Lipinski definition) is 3. The highest BCUT2D eigenvalue weighted by Gasteiger charge is 2.30. The second-order valence-corrected chi connectivity index (χ2v) is 6.39. The summed E-state index contributed by atoms with van der Waals surface area (Å²) in [6.45, 7) is 0. The topological polar surface area (TPSA) is 64.2 Å². The quantitative estimate of drug-likeness (QED) is 0.781. The maximum atomic E-state index is 12.5. The van der Waals surface area contributed by atoms with E-state index in [2.05, 4.69) is 31.4 Å². The molecule has 0 saturated heterocycles. The Morgan fingerprint density at radius 3 is 2.91 bits per heavy atom. The number of amides is 1. The normalized spacial score (nSPS) is 14.5. The lowest BCUT2D eigenvalue weighted by Gasteiger charge is -2.07. The molecule has 0 atom stereocenters. The SMILES string of the molecule is Cn1ncc(NC(=O)c2ccc3c(Br)cnn3c2)c1C1CC1. The van der Waals surface area contributed by atoms with E-state index in [9.17, 15) is 4.79 Å². The Hall–Kier alpha value is -2.15. The Balaban J connectivity index is 1.63. The summed E-state index contributed by atoms with van der Waals surface area (Å²) in [6.07, 6.45) is 7.48. The van der Waals surface area contributed by atoms with E-state index in [0.29, 0.717) is 11.5 Å². The lowest BCUT2D eigenvalue weighted by Crippen LogP contribution is -2.14. The van der Waals surface area contributed by atoms with Gasteiger partial charge in [-0.1, -0.05) is 0 Å². The first-order chi connectivity index (χ1) is 10.6. The standard InChI is InChI=1S/C15H14BrN5O/c1-20-14(9-2-3-9)12(7-17-20)19-15(22)10-4-5-13-11(16)6-18-21(13)8-10/h4-9H,2-3H2,1H3,(H,19,22). The van der Waals surface area contributed by atoms with E-state index in [1.54, 1.807) is 29.2 Å². The van der Waals surface area contributed by atoms with Gasteiger partial charge in [-0.15, -0.1) is 0 Å². The molecule has 3 heterocycles. The van der Waals surface area contributed by atoms with Crippen molar-refractivity contribution in [1.29, 1.82) is 0 Å². The zero-order valence-electron chi connectivity index (χ0n) is 12.0. The highest BCUT2D eigenvalue weighted by molar-refractivity contribution is 9.10. The summed E-state index contributed by atoms with van der Waals surface area (Å²) in [7, 11) is 1.91. The maximum absolute atomic E-state index is 12.5. The zero-order valence-corrected chi connectivity index (χ0v) is 13.5. The fraction of sp³-hybridized carbons (Fsp3) is 0.267. The van der Waals surface area contributed by atoms with Crippen molar-refractivity contribution in [2.75, 3.05) is 5.32 Å². The second-order valence-electron chi connectivity index (χ2n) is 5.54. The van der Waals surface area contributed by atoms with Crippen LogP contribution in [0.1, 0.15) is 34.8 Å². The molecule has 0 aliphatic heterocycles. The third-order valence-electron chi connectivity index (χ3n) is 3.93. The van der Waals surface area contributed by atoms with E-state index in [1.807, 2.05) is 17.8 Å². The first kappa shape index (κ1) is 13.5. The highest BCUT2D eigenvalue weighted by Crippen LogP contribution is 2.43. The van der Waals surface area contributed by atoms with Crippen LogP contribution in [-0.4, -0.2) is 25.3 Å². The number of halogens is 1. The molecule has 3 aromatic rings. The number of rotatable bonds is 3. The minimum Gasteiger partial charge on any atom is -0.319 e. The van der Waals surface area contributed by atoms with Gasteiger partial charge in [-0.3, -0.25) is 9.48 Å². The molecule has 1 N–H and O–H groups in total. The van der Waals surface area contributed by atoms with Gasteiger partial charge in [0.25, 0.3) is 5.91 Å². The van der Waals surface area contributed by atoms with Crippen LogP contribution in [0, 0.1) is 0 Å². The number of anilines is 1. The molecular weight excluding hydrogens is 346 g/mol. The predicted octanol–water partition coefficient (Wildman–Crippen LogP) is 2.96. The lowest BCUT2D eigenvalue weighted by molar-refractivity contribution is 0.102. The fourth-order valence-corrected chi connectivity index (χ4v) is 3.07. The maximum Gasteiger partial charge on any atom is 0.257 e. The number of pyridine rings is 1. The van der Waals surface area contributed by atoms with Gasteiger partial charge in [-0.05, 0) is 40.9 Å². The second kappa shape index (κ2) is 4.95. The number of carbonyl (C=O) groups is 1. The molecule has 1 fully saturated rings. The van der Waals surface area contributed by atoms with Crippen molar-refractivity contribution in [3.8, 4) is 0 Å². The number of nitrogens with zero attached hydrogens (tertiary/aromatic N) is 4. The monoisotopic (exact) mass is 359 g/mol. The molecule has 7 heteroatoms. The van der Waals surface area contributed by atoms with Crippen LogP contribution in [0.4, 0.5) is 5.69 Å². The van der Waals surface area contributed by atoms with Crippen molar-refractivity contribution >= 4 is 33.0 Å². The average molecular weight is 360 g/mol. The molecule has 112 valence electrons. The number of fused-ring (bicyclic) bond motifs is 1. The highest BCUT2D eigenvalue weighted by atomic mass is 79.9. The zero-order chi connectivity index (χ0) is 15.3. The van der Waals surface area contributed by atoms with E-state index in [4.69, 9.17) is 0 Å². The first-order valence-corrected chi connectivity index (χ1v) is 7.89. The Labute approximate surface area is 135 Å². The minimum absolute atomic E-state index is 0.150. The van der Waals surface area contributed by atoms with E-state index in [-0.39, 0.29) is 5.91 Å². The van der Waals surface area contributed by atoms with Gasteiger partial charge in [0, 0.05) is 19.2 Å². The Bertz CT molecular complexity index is 877. The van der Waals surface area contributed by atoms with Gasteiger partial charge in [-0.25, -0.2) is 4.52 Å². The third-order valence-corrected chi connectivity index (χ3v) is 4.54. The average Bonchev–Trinajstić information content (AvgIpc) is 3.19. The molecule has 0 radical (unpaired) electrons. The van der Waals surface area contributed by atoms with Crippen LogP contribution in [0.2, 0.25) is 0 Å². The Morgan fingerprint density at radius 1 is 1.32 bits per heavy atom. The molecule has 22 heavy (non-hydrogen) atoms. The molecule has 1 aliphatic carbocycles. The molecule has 0 unspecified atom stereocenters. The number of hydrogen-bond donors (Lipinski definition) is 1.